The molecule has 0 amide bonds. The Bertz CT molecular complexity index is 845. The molecular weight excluding hydrogens is 315 g/mol. The van der Waals surface area contributed by atoms with Crippen molar-refractivity contribution in [2.24, 2.45) is 0 Å². The van der Waals surface area contributed by atoms with Crippen LogP contribution in [0.1, 0.15) is 5.56 Å². The third kappa shape index (κ3) is 3.27. The maximum Gasteiger partial charge on any atom is 0.264 e. The number of hydrogen-bond acceptors (Lipinski definition) is 3. The first kappa shape index (κ1) is 15.2. The number of rotatable bonds is 3. The van der Waals surface area contributed by atoms with E-state index in [1.807, 2.05) is 0 Å². The summed E-state index contributed by atoms with van der Waals surface area (Å²) >= 11 is 5.60. The lowest BCUT2D eigenvalue weighted by atomic mass is 10.2. The molecule has 4 nitrogen and oxygen atoms in total. The van der Waals surface area contributed by atoms with Crippen LogP contribution in [0, 0.1) is 18.2 Å². The Hall–Kier alpha value is -2.23. The lowest BCUT2D eigenvalue weighted by molar-refractivity contribution is 0.571. The number of anilines is 2. The van der Waals surface area contributed by atoms with E-state index in [0.717, 1.165) is 12.1 Å². The van der Waals surface area contributed by atoms with E-state index < -0.39 is 20.7 Å². The molecule has 0 aromatic heterocycles. The van der Waals surface area contributed by atoms with Crippen molar-refractivity contribution in [1.82, 2.24) is 0 Å². The van der Waals surface area contributed by atoms with Crippen LogP contribution in [0.2, 0.25) is 5.02 Å². The quantitative estimate of drug-likeness (QED) is 0.673. The summed E-state index contributed by atoms with van der Waals surface area (Å²) in [5.41, 5.74) is 6.23. The molecule has 2 aromatic rings. The molecule has 2 rings (SSSR count). The Morgan fingerprint density at radius 2 is 2.00 bits per heavy atom. The molecule has 2 aromatic carbocycles. The van der Waals surface area contributed by atoms with Gasteiger partial charge in [0.2, 0.25) is 0 Å². The minimum Gasteiger partial charge on any atom is -0.399 e. The van der Waals surface area contributed by atoms with Crippen LogP contribution < -0.4 is 10.5 Å². The van der Waals surface area contributed by atoms with Gasteiger partial charge in [0.05, 0.1) is 10.7 Å². The summed E-state index contributed by atoms with van der Waals surface area (Å²) in [4.78, 5) is -0.626. The minimum absolute atomic E-state index is 0.0409. The molecule has 0 spiro atoms. The first-order valence-corrected chi connectivity index (χ1v) is 7.53. The number of nitrogens with two attached hydrogens (primary N) is 1. The van der Waals surface area contributed by atoms with Crippen molar-refractivity contribution in [3.63, 3.8) is 0 Å². The van der Waals surface area contributed by atoms with Crippen LogP contribution in [-0.2, 0) is 10.0 Å². The molecule has 0 fully saturated rings. The summed E-state index contributed by atoms with van der Waals surface area (Å²) in [5.74, 6) is 1.31. The molecule has 0 saturated carbocycles. The zero-order valence-electron chi connectivity index (χ0n) is 10.6. The fourth-order valence-electron chi connectivity index (χ4n) is 1.66. The van der Waals surface area contributed by atoms with Gasteiger partial charge in [0.1, 0.15) is 4.90 Å². The van der Waals surface area contributed by atoms with Crippen LogP contribution in [0.5, 0.6) is 0 Å². The molecule has 0 aliphatic carbocycles. The van der Waals surface area contributed by atoms with Gasteiger partial charge >= 0.3 is 0 Å². The highest BCUT2D eigenvalue weighted by Crippen LogP contribution is 2.27. The van der Waals surface area contributed by atoms with E-state index >= 15 is 0 Å². The fraction of sp³-hybridized carbons (Fsp3) is 0. The van der Waals surface area contributed by atoms with Crippen LogP contribution in [-0.4, -0.2) is 8.42 Å². The van der Waals surface area contributed by atoms with E-state index in [1.54, 1.807) is 12.1 Å². The standard InChI is InChI=1S/C14H10ClFN2O2S/c1-2-9-4-3-5-11(6-9)18-21(19,20)13-8-10(17)7-12(15)14(13)16/h1,3-8,18H,17H2. The smallest absolute Gasteiger partial charge is 0.264 e. The molecule has 7 heteroatoms. The van der Waals surface area contributed by atoms with Gasteiger partial charge < -0.3 is 5.73 Å². The average molecular weight is 325 g/mol. The van der Waals surface area contributed by atoms with E-state index in [9.17, 15) is 12.8 Å². The lowest BCUT2D eigenvalue weighted by Crippen LogP contribution is -2.15. The molecule has 0 aliphatic rings. The van der Waals surface area contributed by atoms with E-state index in [1.165, 1.54) is 12.1 Å². The van der Waals surface area contributed by atoms with E-state index in [2.05, 4.69) is 10.6 Å². The number of halogens is 2. The van der Waals surface area contributed by atoms with Crippen LogP contribution in [0.4, 0.5) is 15.8 Å². The van der Waals surface area contributed by atoms with Crippen molar-refractivity contribution >= 4 is 33.0 Å². The van der Waals surface area contributed by atoms with Crippen LogP contribution in [0.3, 0.4) is 0 Å². The van der Waals surface area contributed by atoms with Crippen molar-refractivity contribution in [1.29, 1.82) is 0 Å². The molecule has 21 heavy (non-hydrogen) atoms. The van der Waals surface area contributed by atoms with Crippen LogP contribution >= 0.6 is 11.6 Å². The normalized spacial score (nSPS) is 10.9. The Kier molecular flexibility index (Phi) is 4.07. The molecular formula is C14H10ClFN2O2S. The Morgan fingerprint density at radius 1 is 1.29 bits per heavy atom. The lowest BCUT2D eigenvalue weighted by Gasteiger charge is -2.10. The summed E-state index contributed by atoms with van der Waals surface area (Å²) in [5, 5.41) is -0.368. The maximum atomic E-state index is 13.9. The van der Waals surface area contributed by atoms with Gasteiger partial charge in [-0.2, -0.15) is 0 Å². The predicted molar refractivity (Wildman–Crippen MR) is 81.0 cm³/mol. The minimum atomic E-state index is -4.17. The van der Waals surface area contributed by atoms with Gasteiger partial charge in [-0.3, -0.25) is 4.72 Å². The number of hydrogen-bond donors (Lipinski definition) is 2. The van der Waals surface area contributed by atoms with Crippen LogP contribution in [0.15, 0.2) is 41.3 Å². The maximum absolute atomic E-state index is 13.9. The monoisotopic (exact) mass is 324 g/mol. The molecule has 3 N–H and O–H groups in total. The SMILES string of the molecule is C#Cc1cccc(NS(=O)(=O)c2cc(N)cc(Cl)c2F)c1. The molecule has 108 valence electrons. The van der Waals surface area contributed by atoms with Gasteiger partial charge in [-0.05, 0) is 30.3 Å². The van der Waals surface area contributed by atoms with Crippen molar-refractivity contribution in [2.45, 2.75) is 4.90 Å². The molecule has 0 heterocycles. The number of sulfonamides is 1. The van der Waals surface area contributed by atoms with Gasteiger partial charge in [0.25, 0.3) is 10.0 Å². The average Bonchev–Trinajstić information content (AvgIpc) is 2.42. The van der Waals surface area contributed by atoms with Crippen LogP contribution in [0.25, 0.3) is 0 Å². The first-order valence-electron chi connectivity index (χ1n) is 5.67. The Labute approximate surface area is 126 Å². The largest absolute Gasteiger partial charge is 0.399 e. The fourth-order valence-corrected chi connectivity index (χ4v) is 3.13. The number of terminal acetylenes is 1. The van der Waals surface area contributed by atoms with Gasteiger partial charge in [0.15, 0.2) is 5.82 Å². The van der Waals surface area contributed by atoms with Crippen molar-refractivity contribution in [2.75, 3.05) is 10.5 Å². The predicted octanol–water partition coefficient (Wildman–Crippen LogP) is 2.84. The highest BCUT2D eigenvalue weighted by molar-refractivity contribution is 7.92. The summed E-state index contributed by atoms with van der Waals surface area (Å²) in [6.07, 6.45) is 5.24. The second-order valence-corrected chi connectivity index (χ2v) is 6.20. The van der Waals surface area contributed by atoms with Crippen molar-refractivity contribution < 1.29 is 12.8 Å². The number of nitrogen functional groups attached to an aromatic ring is 1. The zero-order valence-corrected chi connectivity index (χ0v) is 12.2. The Morgan fingerprint density at radius 3 is 2.67 bits per heavy atom. The van der Waals surface area contributed by atoms with Crippen molar-refractivity contribution in [3.8, 4) is 12.3 Å². The van der Waals surface area contributed by atoms with Gasteiger partial charge in [0, 0.05) is 11.3 Å². The molecule has 0 saturated heterocycles. The van der Waals surface area contributed by atoms with Gasteiger partial charge in [-0.15, -0.1) is 6.42 Å². The van der Waals surface area contributed by atoms with Crippen molar-refractivity contribution in [3.05, 3.63) is 52.8 Å². The summed E-state index contributed by atoms with van der Waals surface area (Å²) in [6, 6.07) is 8.28. The Balaban J connectivity index is 2.46. The molecule has 0 atom stereocenters. The number of benzene rings is 2. The second kappa shape index (κ2) is 5.64. The van der Waals surface area contributed by atoms with Gasteiger partial charge in [-0.25, -0.2) is 12.8 Å². The van der Waals surface area contributed by atoms with E-state index in [0.29, 0.717) is 5.56 Å². The van der Waals surface area contributed by atoms with E-state index in [-0.39, 0.29) is 16.4 Å². The second-order valence-electron chi connectivity index (χ2n) is 4.15. The van der Waals surface area contributed by atoms with Gasteiger partial charge in [-0.1, -0.05) is 23.6 Å². The molecule has 0 radical (unpaired) electrons. The number of nitrogens with one attached hydrogen (secondary N) is 1. The summed E-state index contributed by atoms with van der Waals surface area (Å²) in [6.45, 7) is 0. The zero-order chi connectivity index (χ0) is 15.6. The molecule has 0 unspecified atom stereocenters. The topological polar surface area (TPSA) is 72.2 Å². The van der Waals surface area contributed by atoms with E-state index in [4.69, 9.17) is 23.8 Å². The third-order valence-electron chi connectivity index (χ3n) is 2.59. The third-order valence-corrected chi connectivity index (χ3v) is 4.24. The summed E-state index contributed by atoms with van der Waals surface area (Å²) < 4.78 is 40.5. The highest BCUT2D eigenvalue weighted by atomic mass is 35.5. The molecule has 0 aliphatic heterocycles. The highest BCUT2D eigenvalue weighted by Gasteiger charge is 2.22. The summed E-state index contributed by atoms with van der Waals surface area (Å²) in [7, 11) is -4.17. The first-order chi connectivity index (χ1) is 9.83. The molecule has 0 bridgehead atoms.